The van der Waals surface area contributed by atoms with Gasteiger partial charge >= 0.3 is 0 Å². The fourth-order valence-corrected chi connectivity index (χ4v) is 3.25. The van der Waals surface area contributed by atoms with E-state index in [4.69, 9.17) is 16.3 Å². The van der Waals surface area contributed by atoms with Crippen molar-refractivity contribution in [2.24, 2.45) is 0 Å². The van der Waals surface area contributed by atoms with E-state index in [-0.39, 0.29) is 0 Å². The molecule has 124 valence electrons. The average Bonchev–Trinajstić information content (AvgIpc) is 3.11. The molecule has 1 N–H and O–H groups in total. The second-order valence-electron chi connectivity index (χ2n) is 5.59. The van der Waals surface area contributed by atoms with E-state index in [0.29, 0.717) is 5.65 Å². The van der Waals surface area contributed by atoms with Gasteiger partial charge in [0.25, 0.3) is 0 Å². The second-order valence-corrected chi connectivity index (χ2v) is 6.00. The molecule has 7 nitrogen and oxygen atoms in total. The summed E-state index contributed by atoms with van der Waals surface area (Å²) < 4.78 is 5.31. The molecule has 3 heterocycles. The van der Waals surface area contributed by atoms with Gasteiger partial charge < -0.3 is 19.5 Å². The fraction of sp³-hybridized carbons (Fsp3) is 0.312. The molecule has 0 saturated carbocycles. The van der Waals surface area contributed by atoms with Crippen LogP contribution in [0.25, 0.3) is 11.2 Å². The maximum atomic E-state index is 6.36. The fourth-order valence-electron chi connectivity index (χ4n) is 3.01. The highest BCUT2D eigenvalue weighted by atomic mass is 35.5. The Kier molecular flexibility index (Phi) is 3.86. The highest BCUT2D eigenvalue weighted by Crippen LogP contribution is 2.31. The molecule has 3 aromatic rings. The molecule has 8 heteroatoms. The van der Waals surface area contributed by atoms with E-state index >= 15 is 0 Å². The first kappa shape index (κ1) is 15.0. The van der Waals surface area contributed by atoms with Gasteiger partial charge in [-0.05, 0) is 12.1 Å². The zero-order valence-electron chi connectivity index (χ0n) is 13.2. The lowest BCUT2D eigenvalue weighted by Gasteiger charge is -2.37. The highest BCUT2D eigenvalue weighted by Gasteiger charge is 2.22. The van der Waals surface area contributed by atoms with Crippen molar-refractivity contribution in [3.63, 3.8) is 0 Å². The zero-order chi connectivity index (χ0) is 16.5. The van der Waals surface area contributed by atoms with Crippen LogP contribution in [0.4, 0.5) is 11.5 Å². The Morgan fingerprint density at radius 2 is 1.88 bits per heavy atom. The van der Waals surface area contributed by atoms with Crippen molar-refractivity contribution in [1.29, 1.82) is 0 Å². The van der Waals surface area contributed by atoms with Gasteiger partial charge in [0.05, 0.1) is 24.1 Å². The van der Waals surface area contributed by atoms with Gasteiger partial charge in [-0.3, -0.25) is 0 Å². The average molecular weight is 345 g/mol. The van der Waals surface area contributed by atoms with Gasteiger partial charge in [-0.25, -0.2) is 15.0 Å². The number of H-pyrrole nitrogens is 1. The number of aromatic amines is 1. The first-order valence-electron chi connectivity index (χ1n) is 7.74. The minimum atomic E-state index is 0.693. The minimum absolute atomic E-state index is 0.693. The molecule has 1 fully saturated rings. The molecule has 0 unspecified atom stereocenters. The van der Waals surface area contributed by atoms with Crippen molar-refractivity contribution in [3.8, 4) is 5.75 Å². The summed E-state index contributed by atoms with van der Waals surface area (Å²) in [7, 11) is 1.66. The Morgan fingerprint density at radius 3 is 2.67 bits per heavy atom. The maximum Gasteiger partial charge on any atom is 0.182 e. The Balaban J connectivity index is 1.54. The lowest BCUT2D eigenvalue weighted by Crippen LogP contribution is -2.47. The first-order chi connectivity index (χ1) is 11.8. The van der Waals surface area contributed by atoms with Crippen molar-refractivity contribution < 1.29 is 4.74 Å². The number of piperazine rings is 1. The molecule has 0 bridgehead atoms. The van der Waals surface area contributed by atoms with Gasteiger partial charge in [-0.15, -0.1) is 0 Å². The summed E-state index contributed by atoms with van der Waals surface area (Å²) in [4.78, 5) is 20.4. The summed E-state index contributed by atoms with van der Waals surface area (Å²) in [6.07, 6.45) is 3.21. The molecule has 0 aliphatic carbocycles. The SMILES string of the molecule is COc1ccc(Cl)c(N2CCN(c3ncnc4nc[nH]c34)CC2)c1. The van der Waals surface area contributed by atoms with Gasteiger partial charge in [0.15, 0.2) is 11.5 Å². The molecule has 1 saturated heterocycles. The number of methoxy groups -OCH3 is 1. The number of aromatic nitrogens is 4. The number of nitrogens with zero attached hydrogens (tertiary/aromatic N) is 5. The molecule has 2 aromatic heterocycles. The van der Waals surface area contributed by atoms with Gasteiger partial charge in [-0.2, -0.15) is 0 Å². The Bertz CT molecular complexity index is 859. The molecule has 1 aliphatic heterocycles. The lowest BCUT2D eigenvalue weighted by atomic mass is 10.2. The summed E-state index contributed by atoms with van der Waals surface area (Å²) in [5, 5.41) is 0.738. The minimum Gasteiger partial charge on any atom is -0.497 e. The molecule has 4 rings (SSSR count). The van der Waals surface area contributed by atoms with Crippen LogP contribution in [0, 0.1) is 0 Å². The molecule has 0 amide bonds. The van der Waals surface area contributed by atoms with Gasteiger partial charge in [0, 0.05) is 32.2 Å². The van der Waals surface area contributed by atoms with E-state index in [1.165, 1.54) is 0 Å². The monoisotopic (exact) mass is 344 g/mol. The predicted octanol–water partition coefficient (Wildman–Crippen LogP) is 2.34. The number of ether oxygens (including phenoxy) is 1. The second kappa shape index (κ2) is 6.16. The van der Waals surface area contributed by atoms with E-state index in [1.807, 2.05) is 18.2 Å². The van der Waals surface area contributed by atoms with Crippen LogP contribution < -0.4 is 14.5 Å². The van der Waals surface area contributed by atoms with E-state index < -0.39 is 0 Å². The van der Waals surface area contributed by atoms with Crippen LogP contribution in [0.1, 0.15) is 0 Å². The van der Waals surface area contributed by atoms with Crippen LogP contribution in [0.5, 0.6) is 5.75 Å². The molecule has 0 radical (unpaired) electrons. The largest absolute Gasteiger partial charge is 0.497 e. The molecule has 1 aromatic carbocycles. The van der Waals surface area contributed by atoms with Crippen LogP contribution in [0.15, 0.2) is 30.9 Å². The summed E-state index contributed by atoms with van der Waals surface area (Å²) in [5.74, 6) is 1.71. The third kappa shape index (κ3) is 2.60. The number of imidazole rings is 1. The van der Waals surface area contributed by atoms with Crippen molar-refractivity contribution in [2.75, 3.05) is 43.1 Å². The van der Waals surface area contributed by atoms with E-state index in [2.05, 4.69) is 29.7 Å². The number of benzene rings is 1. The highest BCUT2D eigenvalue weighted by molar-refractivity contribution is 6.33. The molecular weight excluding hydrogens is 328 g/mol. The Labute approximate surface area is 144 Å². The summed E-state index contributed by atoms with van der Waals surface area (Å²) >= 11 is 6.36. The lowest BCUT2D eigenvalue weighted by molar-refractivity contribution is 0.414. The number of hydrogen-bond donors (Lipinski definition) is 1. The third-order valence-electron chi connectivity index (χ3n) is 4.28. The Hall–Kier alpha value is -2.54. The Morgan fingerprint density at radius 1 is 1.08 bits per heavy atom. The number of fused-ring (bicyclic) bond motifs is 1. The van der Waals surface area contributed by atoms with Crippen molar-refractivity contribution in [3.05, 3.63) is 35.9 Å². The third-order valence-corrected chi connectivity index (χ3v) is 4.60. The molecule has 1 aliphatic rings. The van der Waals surface area contributed by atoms with Crippen LogP contribution in [-0.2, 0) is 0 Å². The van der Waals surface area contributed by atoms with Crippen molar-refractivity contribution in [1.82, 2.24) is 19.9 Å². The molecule has 0 atom stereocenters. The van der Waals surface area contributed by atoms with Crippen molar-refractivity contribution in [2.45, 2.75) is 0 Å². The van der Waals surface area contributed by atoms with Crippen LogP contribution in [0.2, 0.25) is 5.02 Å². The number of nitrogens with one attached hydrogen (secondary N) is 1. The molecule has 0 spiro atoms. The summed E-state index contributed by atoms with van der Waals surface area (Å²) in [5.41, 5.74) is 2.58. The van der Waals surface area contributed by atoms with Gasteiger partial charge in [0.1, 0.15) is 17.6 Å². The van der Waals surface area contributed by atoms with E-state index in [0.717, 1.165) is 54.0 Å². The first-order valence-corrected chi connectivity index (χ1v) is 8.11. The zero-order valence-corrected chi connectivity index (χ0v) is 14.0. The number of rotatable bonds is 3. The molecular formula is C16H17ClN6O. The summed E-state index contributed by atoms with van der Waals surface area (Å²) in [6, 6.07) is 5.73. The number of anilines is 2. The van der Waals surface area contributed by atoms with E-state index in [1.54, 1.807) is 19.8 Å². The normalized spacial score (nSPS) is 15.1. The van der Waals surface area contributed by atoms with Crippen molar-refractivity contribution >= 4 is 34.3 Å². The number of hydrogen-bond acceptors (Lipinski definition) is 6. The van der Waals surface area contributed by atoms with Gasteiger partial charge in [0.2, 0.25) is 0 Å². The predicted molar refractivity (Wildman–Crippen MR) is 94.1 cm³/mol. The maximum absolute atomic E-state index is 6.36. The van der Waals surface area contributed by atoms with Gasteiger partial charge in [-0.1, -0.05) is 11.6 Å². The van der Waals surface area contributed by atoms with Crippen LogP contribution in [0.3, 0.4) is 0 Å². The van der Waals surface area contributed by atoms with E-state index in [9.17, 15) is 0 Å². The van der Waals surface area contributed by atoms with Crippen LogP contribution in [-0.4, -0.2) is 53.2 Å². The number of halogens is 1. The summed E-state index contributed by atoms with van der Waals surface area (Å²) in [6.45, 7) is 3.40. The topological polar surface area (TPSA) is 70.2 Å². The smallest absolute Gasteiger partial charge is 0.182 e. The standard InChI is InChI=1S/C16H17ClN6O/c1-24-11-2-3-12(17)13(8-11)22-4-6-23(7-5-22)16-14-15(19-9-18-14)20-10-21-16/h2-3,8-10H,4-7H2,1H3,(H,18,19,20,21). The quantitative estimate of drug-likeness (QED) is 0.786. The van der Waals surface area contributed by atoms with Crippen LogP contribution >= 0.6 is 11.6 Å². The molecule has 24 heavy (non-hydrogen) atoms.